The molecule has 0 aliphatic carbocycles. The zero-order valence-electron chi connectivity index (χ0n) is 21.8. The molecule has 14 heteroatoms. The highest BCUT2D eigenvalue weighted by Gasteiger charge is 2.35. The van der Waals surface area contributed by atoms with Gasteiger partial charge in [0.05, 0.1) is 28.5 Å². The van der Waals surface area contributed by atoms with Gasteiger partial charge in [-0.3, -0.25) is 9.97 Å². The van der Waals surface area contributed by atoms with Crippen LogP contribution in [0.1, 0.15) is 11.3 Å². The van der Waals surface area contributed by atoms with Gasteiger partial charge in [0.15, 0.2) is 5.82 Å². The maximum absolute atomic E-state index is 13.9. The first-order chi connectivity index (χ1) is 20.4. The van der Waals surface area contributed by atoms with Crippen LogP contribution in [-0.4, -0.2) is 29.5 Å². The lowest BCUT2D eigenvalue weighted by atomic mass is 10.0. The second-order valence-corrected chi connectivity index (χ2v) is 9.36. The molecule has 0 spiro atoms. The second kappa shape index (κ2) is 10.2. The lowest BCUT2D eigenvalue weighted by Gasteiger charge is -2.12. The average Bonchev–Trinajstić information content (AvgIpc) is 3.59. The lowest BCUT2D eigenvalue weighted by molar-refractivity contribution is -0.141. The van der Waals surface area contributed by atoms with Gasteiger partial charge < -0.3 is 14.3 Å². The summed E-state index contributed by atoms with van der Waals surface area (Å²) in [5.74, 6) is -0.460. The number of imidazole rings is 2. The van der Waals surface area contributed by atoms with Crippen molar-refractivity contribution in [2.45, 2.75) is 12.4 Å². The first kappa shape index (κ1) is 27.9. The van der Waals surface area contributed by atoms with Crippen molar-refractivity contribution in [3.8, 4) is 45.7 Å². The van der Waals surface area contributed by atoms with Crippen LogP contribution in [0.2, 0.25) is 0 Å². The molecule has 0 aliphatic heterocycles. The van der Waals surface area contributed by atoms with E-state index in [2.05, 4.69) is 24.9 Å². The number of alkyl halides is 6. The van der Waals surface area contributed by atoms with Crippen LogP contribution in [0.15, 0.2) is 79.3 Å². The molecule has 0 unspecified atom stereocenters. The van der Waals surface area contributed by atoms with E-state index in [4.69, 9.17) is 4.74 Å². The zero-order valence-corrected chi connectivity index (χ0v) is 21.8. The summed E-state index contributed by atoms with van der Waals surface area (Å²) in [6, 6.07) is 13.9. The molecule has 0 saturated heterocycles. The number of pyridine rings is 2. The number of benzene rings is 2. The molecule has 218 valence electrons. The van der Waals surface area contributed by atoms with E-state index in [-0.39, 0.29) is 28.5 Å². The third-order valence-electron chi connectivity index (χ3n) is 6.54. The van der Waals surface area contributed by atoms with Crippen LogP contribution in [0.3, 0.4) is 0 Å². The van der Waals surface area contributed by atoms with Gasteiger partial charge in [0.2, 0.25) is 0 Å². The molecular weight excluding hydrogens is 581 g/mol. The van der Waals surface area contributed by atoms with Crippen molar-refractivity contribution in [3.05, 3.63) is 96.3 Å². The molecule has 0 fully saturated rings. The van der Waals surface area contributed by atoms with Crippen LogP contribution < -0.4 is 4.74 Å². The van der Waals surface area contributed by atoms with Crippen molar-refractivity contribution in [3.63, 3.8) is 0 Å². The molecule has 2 aromatic carbocycles. The number of nitrogens with zero attached hydrogens (tertiary/aromatic N) is 5. The number of ether oxygens (including phenoxy) is 1. The fourth-order valence-corrected chi connectivity index (χ4v) is 4.53. The summed E-state index contributed by atoms with van der Waals surface area (Å²) in [4.78, 5) is 18.9. The van der Waals surface area contributed by atoms with E-state index in [0.717, 1.165) is 6.07 Å². The van der Waals surface area contributed by atoms with Gasteiger partial charge in [-0.1, -0.05) is 0 Å². The van der Waals surface area contributed by atoms with E-state index in [1.807, 2.05) is 0 Å². The summed E-state index contributed by atoms with van der Waals surface area (Å²) in [5.41, 5.74) is -0.476. The van der Waals surface area contributed by atoms with Gasteiger partial charge in [0.1, 0.15) is 34.5 Å². The molecule has 0 atom stereocenters. The van der Waals surface area contributed by atoms with E-state index >= 15 is 0 Å². The van der Waals surface area contributed by atoms with Crippen molar-refractivity contribution in [2.24, 2.45) is 7.05 Å². The Morgan fingerprint density at radius 1 is 0.814 bits per heavy atom. The Labute approximate surface area is 237 Å². The van der Waals surface area contributed by atoms with Gasteiger partial charge in [-0.05, 0) is 48.5 Å². The number of aromatic amines is 1. The number of rotatable bonds is 5. The number of fused-ring (bicyclic) bond motifs is 1. The minimum absolute atomic E-state index is 0.0628. The quantitative estimate of drug-likeness (QED) is 0.203. The van der Waals surface area contributed by atoms with E-state index in [1.165, 1.54) is 30.6 Å². The van der Waals surface area contributed by atoms with Gasteiger partial charge in [0, 0.05) is 42.7 Å². The first-order valence-electron chi connectivity index (χ1n) is 12.4. The van der Waals surface area contributed by atoms with Crippen molar-refractivity contribution in [1.29, 1.82) is 0 Å². The van der Waals surface area contributed by atoms with Gasteiger partial charge in [0.25, 0.3) is 0 Å². The Morgan fingerprint density at radius 2 is 1.60 bits per heavy atom. The Balaban J connectivity index is 1.33. The van der Waals surface area contributed by atoms with E-state index in [0.29, 0.717) is 40.4 Å². The number of hydrogen-bond acceptors (Lipinski definition) is 5. The van der Waals surface area contributed by atoms with Crippen molar-refractivity contribution < 1.29 is 35.5 Å². The molecule has 7 nitrogen and oxygen atoms in total. The summed E-state index contributed by atoms with van der Waals surface area (Å²) in [6.07, 6.45) is -6.02. The number of aromatic nitrogens is 6. The molecule has 4 heterocycles. The third kappa shape index (κ3) is 5.38. The fraction of sp³-hybridized carbons (Fsp3) is 0.103. The molecule has 6 aromatic rings. The van der Waals surface area contributed by atoms with Crippen molar-refractivity contribution >= 4 is 11.0 Å². The van der Waals surface area contributed by atoms with E-state index < -0.39 is 29.4 Å². The SMILES string of the molecule is Cn1c(-c2cccnc2-c2ccc(F)c(C(F)(F)F)c2)nc2cc(Oc3ccnc(-c4ncc(C(F)(F)F)[nH]4)c3)ccc21. The average molecular weight is 598 g/mol. The summed E-state index contributed by atoms with van der Waals surface area (Å²) in [7, 11) is 1.72. The lowest BCUT2D eigenvalue weighted by Crippen LogP contribution is -2.08. The molecule has 0 amide bonds. The highest BCUT2D eigenvalue weighted by molar-refractivity contribution is 5.86. The maximum atomic E-state index is 13.9. The predicted molar refractivity (Wildman–Crippen MR) is 141 cm³/mol. The Kier molecular flexibility index (Phi) is 6.63. The summed E-state index contributed by atoms with van der Waals surface area (Å²) >= 11 is 0. The Morgan fingerprint density at radius 3 is 2.35 bits per heavy atom. The minimum atomic E-state index is -4.89. The number of halogens is 7. The predicted octanol–water partition coefficient (Wildman–Crippen LogP) is 8.06. The van der Waals surface area contributed by atoms with Crippen LogP contribution in [0.5, 0.6) is 11.5 Å². The molecular formula is C29H17F7N6O. The van der Waals surface area contributed by atoms with Crippen LogP contribution in [0, 0.1) is 5.82 Å². The Hall–Kier alpha value is -5.27. The number of nitrogens with one attached hydrogen (secondary N) is 1. The smallest absolute Gasteiger partial charge is 0.432 e. The number of aryl methyl sites for hydroxylation is 1. The van der Waals surface area contributed by atoms with Crippen molar-refractivity contribution in [1.82, 2.24) is 29.5 Å². The highest BCUT2D eigenvalue weighted by Crippen LogP contribution is 2.38. The number of hydrogen-bond donors (Lipinski definition) is 1. The van der Waals surface area contributed by atoms with Crippen LogP contribution in [-0.2, 0) is 19.4 Å². The molecule has 4 aromatic heterocycles. The van der Waals surface area contributed by atoms with E-state index in [1.54, 1.807) is 41.9 Å². The van der Waals surface area contributed by atoms with Gasteiger partial charge in [-0.2, -0.15) is 26.3 Å². The van der Waals surface area contributed by atoms with E-state index in [9.17, 15) is 30.7 Å². The van der Waals surface area contributed by atoms with Crippen LogP contribution in [0.4, 0.5) is 30.7 Å². The summed E-state index contributed by atoms with van der Waals surface area (Å²) in [5, 5.41) is 0. The van der Waals surface area contributed by atoms with Gasteiger partial charge in [-0.25, -0.2) is 14.4 Å². The van der Waals surface area contributed by atoms with Gasteiger partial charge >= 0.3 is 12.4 Å². The normalized spacial score (nSPS) is 12.2. The molecule has 6 rings (SSSR count). The Bertz CT molecular complexity index is 1980. The third-order valence-corrected chi connectivity index (χ3v) is 6.54. The second-order valence-electron chi connectivity index (χ2n) is 9.36. The largest absolute Gasteiger partial charge is 0.457 e. The molecule has 1 N–H and O–H groups in total. The van der Waals surface area contributed by atoms with Crippen molar-refractivity contribution in [2.75, 3.05) is 0 Å². The molecule has 0 radical (unpaired) electrons. The van der Waals surface area contributed by atoms with Crippen LogP contribution in [0.25, 0.3) is 45.2 Å². The maximum Gasteiger partial charge on any atom is 0.432 e. The number of H-pyrrole nitrogens is 1. The minimum Gasteiger partial charge on any atom is -0.457 e. The summed E-state index contributed by atoms with van der Waals surface area (Å²) < 4.78 is 101. The first-order valence-corrected chi connectivity index (χ1v) is 12.4. The molecule has 0 aliphatic rings. The van der Waals surface area contributed by atoms with Gasteiger partial charge in [-0.15, -0.1) is 0 Å². The summed E-state index contributed by atoms with van der Waals surface area (Å²) in [6.45, 7) is 0. The molecule has 0 saturated carbocycles. The monoisotopic (exact) mass is 598 g/mol. The van der Waals surface area contributed by atoms with Crippen LogP contribution >= 0.6 is 0 Å². The topological polar surface area (TPSA) is 81.5 Å². The molecule has 0 bridgehead atoms. The zero-order chi connectivity index (χ0) is 30.5. The molecule has 43 heavy (non-hydrogen) atoms. The fourth-order valence-electron chi connectivity index (χ4n) is 4.53. The highest BCUT2D eigenvalue weighted by atomic mass is 19.4. The standard InChI is InChI=1S/C29H17F7N6O/c1-42-23-7-5-16(43-17-8-10-37-22(13-17)26-39-14-24(41-26)29(34,35)36)12-21(23)40-27(42)18-3-2-9-38-25(18)15-4-6-20(30)19(11-15)28(31,32)33/h2-14H,1H3,(H,39,41).